The Kier molecular flexibility index (Phi) is 14.3. The third kappa shape index (κ3) is 14.2. The van der Waals surface area contributed by atoms with Crippen LogP contribution in [-0.2, 0) is 30.1 Å². The number of sulfonamides is 3. The molecule has 0 heterocycles. The molecule has 0 unspecified atom stereocenters. The molecule has 0 bridgehead atoms. The monoisotopic (exact) mass is 675 g/mol. The number of allylic oxidation sites excluding steroid dienone is 3. The molecule has 4 N–H and O–H groups in total. The number of hydrogen-bond acceptors (Lipinski definition) is 6. The second-order valence-corrected chi connectivity index (χ2v) is 18.9. The number of nitrogens with one attached hydrogen (secondary N) is 2. The van der Waals surface area contributed by atoms with Crippen molar-refractivity contribution in [1.82, 2.24) is 9.44 Å². The van der Waals surface area contributed by atoms with E-state index in [1.807, 2.05) is 41.5 Å². The second kappa shape index (κ2) is 14.6. The molecule has 3 fully saturated rings. The SMILES string of the molecule is C=CCBr.C=CCC1(S(=O)(=O)NC(C)(C)C)CC1.C=CCC1(S(N)(=O)=O)CC1.CC(C)(C)NS(=O)(=O)C1CC1. The van der Waals surface area contributed by atoms with Gasteiger partial charge in [-0.05, 0) is 92.9 Å². The van der Waals surface area contributed by atoms with Gasteiger partial charge in [-0.25, -0.2) is 39.8 Å². The van der Waals surface area contributed by atoms with Crippen LogP contribution in [0.25, 0.3) is 0 Å². The lowest BCUT2D eigenvalue weighted by Crippen LogP contribution is -2.46. The summed E-state index contributed by atoms with van der Waals surface area (Å²) in [7, 11) is -9.51. The molecule has 0 aromatic rings. The van der Waals surface area contributed by atoms with Crippen molar-refractivity contribution < 1.29 is 25.3 Å². The molecular weight excluding hydrogens is 626 g/mol. The molecule has 0 saturated heterocycles. The summed E-state index contributed by atoms with van der Waals surface area (Å²) in [6.07, 6.45) is 10.7. The fraction of sp³-hybridized carbons (Fsp3) is 0.769. The van der Waals surface area contributed by atoms with Crippen molar-refractivity contribution in [1.29, 1.82) is 0 Å². The average molecular weight is 677 g/mol. The Balaban J connectivity index is 0.000000526. The molecule has 230 valence electrons. The van der Waals surface area contributed by atoms with Crippen molar-refractivity contribution >= 4 is 46.0 Å². The van der Waals surface area contributed by atoms with Crippen molar-refractivity contribution in [2.75, 3.05) is 5.33 Å². The van der Waals surface area contributed by atoms with Crippen LogP contribution in [0.5, 0.6) is 0 Å². The van der Waals surface area contributed by atoms with Gasteiger partial charge in [-0.15, -0.1) is 19.7 Å². The van der Waals surface area contributed by atoms with Gasteiger partial charge in [0, 0.05) is 16.4 Å². The van der Waals surface area contributed by atoms with E-state index in [0.29, 0.717) is 25.7 Å². The molecule has 0 radical (unpaired) electrons. The maximum atomic E-state index is 12.0. The first-order valence-electron chi connectivity index (χ1n) is 12.9. The minimum atomic E-state index is -3.32. The summed E-state index contributed by atoms with van der Waals surface area (Å²) >= 11 is 3.13. The van der Waals surface area contributed by atoms with Gasteiger partial charge < -0.3 is 0 Å². The van der Waals surface area contributed by atoms with E-state index in [2.05, 4.69) is 45.1 Å². The first kappa shape index (κ1) is 38.4. The topological polar surface area (TPSA) is 152 Å². The lowest BCUT2D eigenvalue weighted by Gasteiger charge is -2.24. The predicted octanol–water partition coefficient (Wildman–Crippen LogP) is 4.63. The molecule has 0 amide bonds. The fourth-order valence-electron chi connectivity index (χ4n) is 3.39. The second-order valence-electron chi connectivity index (χ2n) is 12.3. The van der Waals surface area contributed by atoms with Gasteiger partial charge in [0.05, 0.1) is 14.7 Å². The van der Waals surface area contributed by atoms with Crippen LogP contribution < -0.4 is 14.6 Å². The molecule has 0 aliphatic heterocycles. The van der Waals surface area contributed by atoms with Crippen molar-refractivity contribution in [3.63, 3.8) is 0 Å². The van der Waals surface area contributed by atoms with Gasteiger partial charge in [-0.1, -0.05) is 34.2 Å². The lowest BCUT2D eigenvalue weighted by molar-refractivity contribution is 0.481. The zero-order chi connectivity index (χ0) is 31.0. The van der Waals surface area contributed by atoms with Crippen molar-refractivity contribution in [2.24, 2.45) is 5.14 Å². The van der Waals surface area contributed by atoms with Crippen molar-refractivity contribution in [2.45, 2.75) is 119 Å². The van der Waals surface area contributed by atoms with E-state index >= 15 is 0 Å². The molecule has 0 aromatic heterocycles. The van der Waals surface area contributed by atoms with Crippen LogP contribution in [0.4, 0.5) is 0 Å². The standard InChI is InChI=1S/C10H19NO2S.C7H15NO2S.C6H11NO2S.C3H5Br/c1-5-6-10(7-8-10)14(12,13)11-9(2,3)4;1-7(2,3)8-11(9,10)6-4-5-6;1-2-3-6(4-5-6)10(7,8)9;1-2-3-4/h5,11H,1,6-8H2,2-4H3;6,8H,4-5H2,1-3H3;2H,1,3-5H2,(H2,7,8,9);2H,1,3H2. The van der Waals surface area contributed by atoms with Gasteiger partial charge in [-0.3, -0.25) is 0 Å². The highest BCUT2D eigenvalue weighted by atomic mass is 79.9. The van der Waals surface area contributed by atoms with Gasteiger partial charge in [0.25, 0.3) is 0 Å². The number of primary sulfonamides is 1. The quantitative estimate of drug-likeness (QED) is 0.227. The van der Waals surface area contributed by atoms with Gasteiger partial charge in [-0.2, -0.15) is 0 Å². The van der Waals surface area contributed by atoms with Crippen molar-refractivity contribution in [3.05, 3.63) is 38.0 Å². The van der Waals surface area contributed by atoms with Gasteiger partial charge in [0.15, 0.2) is 0 Å². The van der Waals surface area contributed by atoms with E-state index in [-0.39, 0.29) is 10.8 Å². The number of rotatable bonds is 10. The first-order valence-corrected chi connectivity index (χ1v) is 18.6. The highest BCUT2D eigenvalue weighted by Gasteiger charge is 2.54. The predicted molar refractivity (Wildman–Crippen MR) is 167 cm³/mol. The molecule has 9 nitrogen and oxygen atoms in total. The normalized spacial score (nSPS) is 19.4. The molecule has 13 heteroatoms. The Morgan fingerprint density at radius 3 is 1.33 bits per heavy atom. The van der Waals surface area contributed by atoms with Gasteiger partial charge >= 0.3 is 0 Å². The van der Waals surface area contributed by atoms with Crippen LogP contribution in [0.15, 0.2) is 38.0 Å². The molecule has 0 atom stereocenters. The molecule has 0 aromatic carbocycles. The Morgan fingerprint density at radius 1 is 0.769 bits per heavy atom. The van der Waals surface area contributed by atoms with E-state index < -0.39 is 45.1 Å². The summed E-state index contributed by atoms with van der Waals surface area (Å²) < 4.78 is 72.3. The summed E-state index contributed by atoms with van der Waals surface area (Å²) in [6.45, 7) is 21.6. The largest absolute Gasteiger partial charge is 0.228 e. The highest BCUT2D eigenvalue weighted by Crippen LogP contribution is 2.46. The number of alkyl halides is 1. The van der Waals surface area contributed by atoms with E-state index in [4.69, 9.17) is 5.14 Å². The number of nitrogens with two attached hydrogens (primary N) is 1. The van der Waals surface area contributed by atoms with E-state index in [0.717, 1.165) is 31.0 Å². The third-order valence-corrected chi connectivity index (χ3v) is 12.9. The summed E-state index contributed by atoms with van der Waals surface area (Å²) in [5.41, 5.74) is -0.725. The average Bonchev–Trinajstić information content (AvgIpc) is 3.58. The molecule has 3 saturated carbocycles. The summed E-state index contributed by atoms with van der Waals surface area (Å²) in [5.74, 6) is 0. The summed E-state index contributed by atoms with van der Waals surface area (Å²) in [6, 6.07) is 0. The van der Waals surface area contributed by atoms with Crippen LogP contribution in [0.3, 0.4) is 0 Å². The van der Waals surface area contributed by atoms with Gasteiger partial charge in [0.1, 0.15) is 0 Å². The molecule has 3 aliphatic rings. The van der Waals surface area contributed by atoms with E-state index in [1.165, 1.54) is 0 Å². The zero-order valence-corrected chi connectivity index (χ0v) is 28.5. The zero-order valence-electron chi connectivity index (χ0n) is 24.4. The highest BCUT2D eigenvalue weighted by molar-refractivity contribution is 9.09. The Labute approximate surface area is 246 Å². The Bertz CT molecular complexity index is 1140. The summed E-state index contributed by atoms with van der Waals surface area (Å²) in [4.78, 5) is 0. The van der Waals surface area contributed by atoms with Crippen LogP contribution in [0.1, 0.15) is 92.9 Å². The first-order chi connectivity index (χ1) is 17.5. The van der Waals surface area contributed by atoms with Crippen LogP contribution in [0, 0.1) is 0 Å². The molecule has 39 heavy (non-hydrogen) atoms. The van der Waals surface area contributed by atoms with E-state index in [1.54, 1.807) is 18.2 Å². The van der Waals surface area contributed by atoms with E-state index in [9.17, 15) is 25.3 Å². The smallest absolute Gasteiger partial charge is 0.218 e. The van der Waals surface area contributed by atoms with Gasteiger partial charge in [0.2, 0.25) is 30.1 Å². The number of hydrogen-bond donors (Lipinski definition) is 3. The molecule has 3 rings (SSSR count). The Hall–Kier alpha value is -0.570. The minimum Gasteiger partial charge on any atom is -0.228 e. The third-order valence-electron chi connectivity index (χ3n) is 5.78. The number of halogens is 1. The Morgan fingerprint density at radius 2 is 1.13 bits per heavy atom. The van der Waals surface area contributed by atoms with Crippen LogP contribution >= 0.6 is 15.9 Å². The lowest BCUT2D eigenvalue weighted by atomic mass is 10.1. The minimum absolute atomic E-state index is 0.110. The van der Waals surface area contributed by atoms with Crippen LogP contribution in [0.2, 0.25) is 0 Å². The van der Waals surface area contributed by atoms with Crippen LogP contribution in [-0.4, -0.2) is 56.4 Å². The molecular formula is C26H50BrN3O6S3. The maximum Gasteiger partial charge on any atom is 0.218 e. The molecule has 0 spiro atoms. The molecule has 3 aliphatic carbocycles. The summed E-state index contributed by atoms with van der Waals surface area (Å²) in [5, 5.41) is 5.77. The van der Waals surface area contributed by atoms with Crippen molar-refractivity contribution in [3.8, 4) is 0 Å². The fourth-order valence-corrected chi connectivity index (χ4v) is 8.19. The maximum absolute atomic E-state index is 12.0.